The summed E-state index contributed by atoms with van der Waals surface area (Å²) in [6.07, 6.45) is -4.53. The van der Waals surface area contributed by atoms with Crippen molar-refractivity contribution < 1.29 is 27.6 Å². The molecule has 28 heavy (non-hydrogen) atoms. The number of para-hydroxylation sites is 1. The number of nitro groups is 1. The third-order valence-electron chi connectivity index (χ3n) is 4.92. The van der Waals surface area contributed by atoms with E-state index in [2.05, 4.69) is 5.32 Å². The number of benzene rings is 2. The summed E-state index contributed by atoms with van der Waals surface area (Å²) in [6, 6.07) is 7.33. The highest BCUT2D eigenvalue weighted by Gasteiger charge is 2.52. The molecule has 2 heterocycles. The number of rotatable bonds is 2. The fraction of sp³-hybridized carbons (Fsp3) is 0.278. The molecule has 7 nitrogen and oxygen atoms in total. The second kappa shape index (κ2) is 5.85. The number of nitrogens with one attached hydrogen (secondary N) is 1. The molecule has 2 atom stereocenters. The number of carbonyl (C=O) groups excluding carboxylic acids is 1. The molecule has 2 aliphatic heterocycles. The number of halogens is 3. The third-order valence-corrected chi connectivity index (χ3v) is 4.92. The number of non-ortho nitro benzene ring substituents is 1. The van der Waals surface area contributed by atoms with E-state index in [0.717, 1.165) is 11.0 Å². The summed E-state index contributed by atoms with van der Waals surface area (Å²) < 4.78 is 46.3. The first-order chi connectivity index (χ1) is 13.1. The number of alkyl halides is 3. The maximum absolute atomic E-state index is 13.5. The smallest absolute Gasteiger partial charge is 0.418 e. The number of carbonyl (C=O) groups is 1. The van der Waals surface area contributed by atoms with E-state index >= 15 is 0 Å². The monoisotopic (exact) mass is 393 g/mol. The molecule has 0 saturated carbocycles. The van der Waals surface area contributed by atoms with Gasteiger partial charge in [-0.1, -0.05) is 12.1 Å². The predicted octanol–water partition coefficient (Wildman–Crippen LogP) is 4.38. The Morgan fingerprint density at radius 2 is 2.00 bits per heavy atom. The van der Waals surface area contributed by atoms with Crippen LogP contribution in [0.15, 0.2) is 42.5 Å². The number of nitrogens with zero attached hydrogens (tertiary/aromatic N) is 2. The van der Waals surface area contributed by atoms with E-state index in [-0.39, 0.29) is 23.5 Å². The maximum atomic E-state index is 13.5. The highest BCUT2D eigenvalue weighted by atomic mass is 19.4. The minimum Gasteiger partial charge on any atom is -0.467 e. The predicted molar refractivity (Wildman–Crippen MR) is 91.9 cm³/mol. The molecule has 2 bridgehead atoms. The van der Waals surface area contributed by atoms with Gasteiger partial charge in [0.2, 0.25) is 0 Å². The summed E-state index contributed by atoms with van der Waals surface area (Å²) in [4.78, 5) is 24.2. The van der Waals surface area contributed by atoms with Crippen molar-refractivity contribution >= 4 is 17.4 Å². The van der Waals surface area contributed by atoms with Crippen LogP contribution in [-0.4, -0.2) is 16.7 Å². The minimum atomic E-state index is -4.66. The van der Waals surface area contributed by atoms with Crippen molar-refractivity contribution in [2.45, 2.75) is 31.3 Å². The first-order valence-corrected chi connectivity index (χ1v) is 8.34. The van der Waals surface area contributed by atoms with Crippen molar-refractivity contribution in [3.05, 3.63) is 63.7 Å². The van der Waals surface area contributed by atoms with E-state index in [1.165, 1.54) is 43.3 Å². The van der Waals surface area contributed by atoms with Crippen LogP contribution in [0.5, 0.6) is 5.75 Å². The molecule has 0 aromatic heterocycles. The average Bonchev–Trinajstić information content (AvgIpc) is 2.60. The van der Waals surface area contributed by atoms with E-state index in [0.29, 0.717) is 5.56 Å². The first-order valence-electron chi connectivity index (χ1n) is 8.34. The standard InChI is InChI=1S/C18H14F3N3O4/c1-17-9-13(11-8-10(24(26)27)6-7-15(11)28-17)22-16(25)23(17)14-5-3-2-4-12(14)18(19,20)21/h2-8,13H,9H2,1H3,(H,22,25). The minimum absolute atomic E-state index is 0.124. The van der Waals surface area contributed by atoms with Gasteiger partial charge in [0, 0.05) is 24.1 Å². The van der Waals surface area contributed by atoms with E-state index in [1.807, 2.05) is 0 Å². The Hall–Kier alpha value is -3.30. The number of hydrogen-bond donors (Lipinski definition) is 1. The van der Waals surface area contributed by atoms with Gasteiger partial charge < -0.3 is 10.1 Å². The Bertz CT molecular complexity index is 994. The topological polar surface area (TPSA) is 84.7 Å². The van der Waals surface area contributed by atoms with Crippen molar-refractivity contribution in [2.24, 2.45) is 0 Å². The fourth-order valence-corrected chi connectivity index (χ4v) is 3.75. The Kier molecular flexibility index (Phi) is 3.78. The maximum Gasteiger partial charge on any atom is 0.418 e. The van der Waals surface area contributed by atoms with Gasteiger partial charge >= 0.3 is 12.2 Å². The van der Waals surface area contributed by atoms with Gasteiger partial charge in [0.1, 0.15) is 5.75 Å². The molecule has 4 rings (SSSR count). The van der Waals surface area contributed by atoms with Crippen molar-refractivity contribution in [2.75, 3.05) is 4.90 Å². The van der Waals surface area contributed by atoms with Crippen LogP contribution in [0.4, 0.5) is 29.3 Å². The van der Waals surface area contributed by atoms with Gasteiger partial charge in [-0.05, 0) is 25.1 Å². The van der Waals surface area contributed by atoms with E-state index < -0.39 is 34.5 Å². The van der Waals surface area contributed by atoms with Gasteiger partial charge in [0.15, 0.2) is 5.72 Å². The molecule has 1 saturated heterocycles. The molecule has 2 aliphatic rings. The highest BCUT2D eigenvalue weighted by molar-refractivity contribution is 5.95. The molecule has 0 spiro atoms. The Morgan fingerprint density at radius 3 is 2.68 bits per heavy atom. The quantitative estimate of drug-likeness (QED) is 0.606. The summed E-state index contributed by atoms with van der Waals surface area (Å²) in [7, 11) is 0. The van der Waals surface area contributed by atoms with Crippen LogP contribution in [0.25, 0.3) is 0 Å². The molecule has 1 N–H and O–H groups in total. The molecule has 0 radical (unpaired) electrons. The summed E-state index contributed by atoms with van der Waals surface area (Å²) >= 11 is 0. The average molecular weight is 393 g/mol. The van der Waals surface area contributed by atoms with Crippen molar-refractivity contribution in [3.8, 4) is 5.75 Å². The van der Waals surface area contributed by atoms with Gasteiger partial charge in [-0.25, -0.2) is 4.79 Å². The van der Waals surface area contributed by atoms with Crippen molar-refractivity contribution in [1.82, 2.24) is 5.32 Å². The molecule has 2 aromatic rings. The molecular formula is C18H14F3N3O4. The number of nitro benzene ring substituents is 1. The zero-order chi connectivity index (χ0) is 20.3. The van der Waals surface area contributed by atoms with E-state index in [1.54, 1.807) is 0 Å². The second-order valence-electron chi connectivity index (χ2n) is 6.81. The molecular weight excluding hydrogens is 379 g/mol. The lowest BCUT2D eigenvalue weighted by atomic mass is 9.89. The van der Waals surface area contributed by atoms with Crippen molar-refractivity contribution in [1.29, 1.82) is 0 Å². The highest BCUT2D eigenvalue weighted by Crippen LogP contribution is 2.48. The summed E-state index contributed by atoms with van der Waals surface area (Å²) in [5.74, 6) is 0.277. The lowest BCUT2D eigenvalue weighted by Gasteiger charge is -2.50. The summed E-state index contributed by atoms with van der Waals surface area (Å²) in [5.41, 5.74) is -2.41. The van der Waals surface area contributed by atoms with Crippen molar-refractivity contribution in [3.63, 3.8) is 0 Å². The van der Waals surface area contributed by atoms with E-state index in [4.69, 9.17) is 4.74 Å². The van der Waals surface area contributed by atoms with Crippen LogP contribution in [0.1, 0.15) is 30.5 Å². The molecule has 1 fully saturated rings. The second-order valence-corrected chi connectivity index (χ2v) is 6.81. The molecule has 10 heteroatoms. The van der Waals surface area contributed by atoms with E-state index in [9.17, 15) is 28.1 Å². The Morgan fingerprint density at radius 1 is 1.29 bits per heavy atom. The van der Waals surface area contributed by atoms with Crippen LogP contribution in [-0.2, 0) is 6.18 Å². The lowest BCUT2D eigenvalue weighted by Crippen LogP contribution is -2.65. The van der Waals surface area contributed by atoms with Crippen LogP contribution in [0, 0.1) is 10.1 Å². The molecule has 2 unspecified atom stereocenters. The van der Waals surface area contributed by atoms with Gasteiger partial charge in [-0.3, -0.25) is 15.0 Å². The number of fused-ring (bicyclic) bond motifs is 4. The number of anilines is 1. The zero-order valence-electron chi connectivity index (χ0n) is 14.5. The van der Waals surface area contributed by atoms with Gasteiger partial charge in [0.05, 0.1) is 22.2 Å². The third kappa shape index (κ3) is 2.72. The summed E-state index contributed by atoms with van der Waals surface area (Å²) in [5, 5.41) is 13.7. The Labute approximate surface area is 156 Å². The van der Waals surface area contributed by atoms with Gasteiger partial charge in [0.25, 0.3) is 5.69 Å². The fourth-order valence-electron chi connectivity index (χ4n) is 3.75. The van der Waals surface area contributed by atoms with Crippen LogP contribution in [0.2, 0.25) is 0 Å². The largest absolute Gasteiger partial charge is 0.467 e. The molecule has 146 valence electrons. The SMILES string of the molecule is CC12CC(NC(=O)N1c1ccccc1C(F)(F)F)c1cc([N+](=O)[O-])ccc1O2. The number of urea groups is 1. The van der Waals surface area contributed by atoms with Crippen LogP contribution in [0.3, 0.4) is 0 Å². The number of ether oxygens (including phenoxy) is 1. The van der Waals surface area contributed by atoms with Gasteiger partial charge in [-0.15, -0.1) is 0 Å². The molecule has 2 amide bonds. The summed E-state index contributed by atoms with van der Waals surface area (Å²) in [6.45, 7) is 1.52. The number of hydrogen-bond acceptors (Lipinski definition) is 4. The lowest BCUT2D eigenvalue weighted by molar-refractivity contribution is -0.385. The molecule has 2 aromatic carbocycles. The van der Waals surface area contributed by atoms with Crippen LogP contribution >= 0.6 is 0 Å². The normalized spacial score (nSPS) is 23.5. The van der Waals surface area contributed by atoms with Gasteiger partial charge in [-0.2, -0.15) is 13.2 Å². The molecule has 0 aliphatic carbocycles. The zero-order valence-corrected chi connectivity index (χ0v) is 14.5. The van der Waals surface area contributed by atoms with Crippen LogP contribution < -0.4 is 15.0 Å². The Balaban J connectivity index is 1.82. The first kappa shape index (κ1) is 18.1. The number of amides is 2.